The van der Waals surface area contributed by atoms with Gasteiger partial charge in [-0.25, -0.2) is 28.1 Å². The zero-order chi connectivity index (χ0) is 16.4. The summed E-state index contributed by atoms with van der Waals surface area (Å²) in [6.07, 6.45) is 6.11. The third kappa shape index (κ3) is 3.46. The Morgan fingerprint density at radius 3 is 2.43 bits per heavy atom. The Morgan fingerprint density at radius 1 is 1.22 bits per heavy atom. The Balaban J connectivity index is 1.63. The number of aromatic nitrogens is 4. The van der Waals surface area contributed by atoms with Crippen molar-refractivity contribution in [3.05, 3.63) is 29.9 Å². The summed E-state index contributed by atoms with van der Waals surface area (Å²) in [4.78, 5) is 14.3. The number of aryl methyl sites for hydroxylation is 1. The van der Waals surface area contributed by atoms with Crippen LogP contribution in [0.25, 0.3) is 0 Å². The number of halogens is 1. The van der Waals surface area contributed by atoms with Crippen LogP contribution >= 0.6 is 11.6 Å². The number of hydrogen-bond acceptors (Lipinski definition) is 6. The van der Waals surface area contributed by atoms with Crippen LogP contribution in [-0.2, 0) is 17.1 Å². The molecule has 1 saturated heterocycles. The fourth-order valence-corrected chi connectivity index (χ4v) is 4.24. The first-order valence-corrected chi connectivity index (χ1v) is 9.04. The van der Waals surface area contributed by atoms with Crippen LogP contribution < -0.4 is 9.62 Å². The highest BCUT2D eigenvalue weighted by atomic mass is 35.5. The number of sulfonamides is 1. The smallest absolute Gasteiger partial charge is 0.261 e. The van der Waals surface area contributed by atoms with Gasteiger partial charge in [0.05, 0.1) is 6.33 Å². The molecule has 2 aromatic rings. The van der Waals surface area contributed by atoms with Crippen molar-refractivity contribution in [2.24, 2.45) is 7.05 Å². The molecule has 3 heterocycles. The number of imidazole rings is 1. The third-order valence-corrected chi connectivity index (χ3v) is 5.75. The Kier molecular flexibility index (Phi) is 4.51. The molecule has 1 N–H and O–H groups in total. The fourth-order valence-electron chi connectivity index (χ4n) is 2.50. The van der Waals surface area contributed by atoms with Gasteiger partial charge in [-0.1, -0.05) is 11.6 Å². The van der Waals surface area contributed by atoms with Gasteiger partial charge in [-0.15, -0.1) is 0 Å². The second-order valence-electron chi connectivity index (χ2n) is 5.38. The minimum atomic E-state index is -3.72. The lowest BCUT2D eigenvalue weighted by Gasteiger charge is -2.31. The van der Waals surface area contributed by atoms with E-state index < -0.39 is 10.0 Å². The molecule has 10 heteroatoms. The molecule has 124 valence electrons. The molecule has 0 aliphatic carbocycles. The standard InChI is InChI=1S/C13H17ClN6O2S/c1-19-9-17-12(11(19)14)23(21,22)18-10-3-7-20(8-4-10)13-15-5-2-6-16-13/h2,5-6,9-10,18H,3-4,7-8H2,1H3. The van der Waals surface area contributed by atoms with Crippen LogP contribution in [0.3, 0.4) is 0 Å². The van der Waals surface area contributed by atoms with E-state index in [0.29, 0.717) is 31.9 Å². The summed E-state index contributed by atoms with van der Waals surface area (Å²) in [5.74, 6) is 0.668. The third-order valence-electron chi connectivity index (χ3n) is 3.74. The summed E-state index contributed by atoms with van der Waals surface area (Å²) in [6, 6.07) is 1.61. The molecule has 0 atom stereocenters. The largest absolute Gasteiger partial charge is 0.341 e. The lowest BCUT2D eigenvalue weighted by molar-refractivity contribution is 0.455. The summed E-state index contributed by atoms with van der Waals surface area (Å²) < 4.78 is 28.9. The topological polar surface area (TPSA) is 93.0 Å². The Morgan fingerprint density at radius 2 is 1.87 bits per heavy atom. The second-order valence-corrected chi connectivity index (χ2v) is 7.37. The first-order valence-electron chi connectivity index (χ1n) is 7.18. The van der Waals surface area contributed by atoms with Gasteiger partial charge in [-0.05, 0) is 18.9 Å². The molecule has 0 aromatic carbocycles. The maximum Gasteiger partial charge on any atom is 0.261 e. The SMILES string of the molecule is Cn1cnc(S(=O)(=O)NC2CCN(c3ncccn3)CC2)c1Cl. The average Bonchev–Trinajstić information content (AvgIpc) is 2.89. The van der Waals surface area contributed by atoms with Gasteiger partial charge in [0.15, 0.2) is 0 Å². The molecule has 3 rings (SSSR count). The van der Waals surface area contributed by atoms with Gasteiger partial charge in [0.1, 0.15) is 5.15 Å². The van der Waals surface area contributed by atoms with Crippen LogP contribution in [0.5, 0.6) is 0 Å². The van der Waals surface area contributed by atoms with Crippen LogP contribution in [0.1, 0.15) is 12.8 Å². The molecule has 0 spiro atoms. The maximum atomic E-state index is 12.4. The van der Waals surface area contributed by atoms with Gasteiger partial charge in [0.2, 0.25) is 11.0 Å². The first kappa shape index (κ1) is 16.2. The number of nitrogens with zero attached hydrogens (tertiary/aromatic N) is 5. The van der Waals surface area contributed by atoms with E-state index >= 15 is 0 Å². The van der Waals surface area contributed by atoms with Crippen LogP contribution in [0.4, 0.5) is 5.95 Å². The zero-order valence-electron chi connectivity index (χ0n) is 12.6. The summed E-state index contributed by atoms with van der Waals surface area (Å²) in [6.45, 7) is 1.38. The molecule has 8 nitrogen and oxygen atoms in total. The van der Waals surface area contributed by atoms with Gasteiger partial charge >= 0.3 is 0 Å². The quantitative estimate of drug-likeness (QED) is 0.871. The van der Waals surface area contributed by atoms with Gasteiger partial charge in [0, 0.05) is 38.6 Å². The summed E-state index contributed by atoms with van der Waals surface area (Å²) >= 11 is 5.97. The molecule has 1 fully saturated rings. The fraction of sp³-hybridized carbons (Fsp3) is 0.462. The minimum Gasteiger partial charge on any atom is -0.341 e. The van der Waals surface area contributed by atoms with Crippen molar-refractivity contribution in [1.29, 1.82) is 0 Å². The number of nitrogens with one attached hydrogen (secondary N) is 1. The molecule has 0 radical (unpaired) electrons. The molecule has 1 aliphatic rings. The lowest BCUT2D eigenvalue weighted by Crippen LogP contribution is -2.45. The minimum absolute atomic E-state index is 0.104. The molecular formula is C13H17ClN6O2S. The maximum absolute atomic E-state index is 12.4. The van der Waals surface area contributed by atoms with E-state index in [2.05, 4.69) is 19.7 Å². The van der Waals surface area contributed by atoms with Crippen molar-refractivity contribution >= 4 is 27.6 Å². The monoisotopic (exact) mass is 356 g/mol. The molecule has 1 aliphatic heterocycles. The zero-order valence-corrected chi connectivity index (χ0v) is 14.1. The molecule has 0 saturated carbocycles. The summed E-state index contributed by atoms with van der Waals surface area (Å²) in [5, 5.41) is -0.0249. The first-order chi connectivity index (χ1) is 11.0. The molecular weight excluding hydrogens is 340 g/mol. The van der Waals surface area contributed by atoms with Crippen molar-refractivity contribution in [2.75, 3.05) is 18.0 Å². The van der Waals surface area contributed by atoms with Crippen LogP contribution in [-0.4, -0.2) is 47.1 Å². The Labute approximate surface area is 139 Å². The Hall–Kier alpha value is -1.71. The normalized spacial score (nSPS) is 16.7. The van der Waals surface area contributed by atoms with E-state index in [-0.39, 0.29) is 16.2 Å². The van der Waals surface area contributed by atoms with Crippen LogP contribution in [0.15, 0.2) is 29.8 Å². The van der Waals surface area contributed by atoms with Crippen LogP contribution in [0, 0.1) is 0 Å². The van der Waals surface area contributed by atoms with E-state index in [1.165, 1.54) is 10.9 Å². The van der Waals surface area contributed by atoms with Gasteiger partial charge in [0.25, 0.3) is 10.0 Å². The van der Waals surface area contributed by atoms with E-state index in [1.807, 2.05) is 4.90 Å². The predicted molar refractivity (Wildman–Crippen MR) is 85.8 cm³/mol. The molecule has 23 heavy (non-hydrogen) atoms. The number of rotatable bonds is 4. The van der Waals surface area contributed by atoms with Crippen molar-refractivity contribution < 1.29 is 8.42 Å². The van der Waals surface area contributed by atoms with Gasteiger partial charge in [-0.2, -0.15) is 0 Å². The van der Waals surface area contributed by atoms with Gasteiger partial charge in [-0.3, -0.25) is 0 Å². The van der Waals surface area contributed by atoms with Crippen molar-refractivity contribution in [1.82, 2.24) is 24.2 Å². The Bertz CT molecular complexity index is 771. The summed E-state index contributed by atoms with van der Waals surface area (Å²) in [7, 11) is -2.07. The number of hydrogen-bond donors (Lipinski definition) is 1. The van der Waals surface area contributed by atoms with Crippen molar-refractivity contribution in [3.8, 4) is 0 Å². The molecule has 0 unspecified atom stereocenters. The predicted octanol–water partition coefficient (Wildman–Crippen LogP) is 0.811. The summed E-state index contributed by atoms with van der Waals surface area (Å²) in [5.41, 5.74) is 0. The van der Waals surface area contributed by atoms with E-state index in [1.54, 1.807) is 25.5 Å². The second kappa shape index (κ2) is 6.42. The molecule has 0 bridgehead atoms. The van der Waals surface area contributed by atoms with Crippen LogP contribution in [0.2, 0.25) is 5.15 Å². The number of piperidine rings is 1. The van der Waals surface area contributed by atoms with E-state index in [4.69, 9.17) is 11.6 Å². The molecule has 0 amide bonds. The highest BCUT2D eigenvalue weighted by Crippen LogP contribution is 2.21. The van der Waals surface area contributed by atoms with E-state index in [9.17, 15) is 8.42 Å². The van der Waals surface area contributed by atoms with Gasteiger partial charge < -0.3 is 9.47 Å². The average molecular weight is 357 g/mol. The highest BCUT2D eigenvalue weighted by Gasteiger charge is 2.28. The lowest BCUT2D eigenvalue weighted by atomic mass is 10.1. The molecule has 2 aromatic heterocycles. The highest BCUT2D eigenvalue weighted by molar-refractivity contribution is 7.89. The van der Waals surface area contributed by atoms with Crippen molar-refractivity contribution in [3.63, 3.8) is 0 Å². The van der Waals surface area contributed by atoms with E-state index in [0.717, 1.165) is 0 Å². The number of anilines is 1. The van der Waals surface area contributed by atoms with Crippen molar-refractivity contribution in [2.45, 2.75) is 23.9 Å².